The van der Waals surface area contributed by atoms with Gasteiger partial charge >= 0.3 is 12.2 Å². The molecule has 1 aromatic heterocycles. The van der Waals surface area contributed by atoms with Gasteiger partial charge < -0.3 is 5.32 Å². The molecule has 2 amide bonds. The van der Waals surface area contributed by atoms with E-state index in [9.17, 15) is 26.4 Å². The molecule has 0 radical (unpaired) electrons. The molecule has 0 saturated heterocycles. The van der Waals surface area contributed by atoms with E-state index in [1.165, 1.54) is 17.0 Å². The van der Waals surface area contributed by atoms with Gasteiger partial charge in [0.05, 0.1) is 10.6 Å². The van der Waals surface area contributed by atoms with Crippen molar-refractivity contribution in [1.29, 1.82) is 0 Å². The summed E-state index contributed by atoms with van der Waals surface area (Å²) >= 11 is 0. The molecule has 0 atom stereocenters. The summed E-state index contributed by atoms with van der Waals surface area (Å²) < 4.78 is 63.6. The third kappa shape index (κ3) is 6.25. The fourth-order valence-corrected chi connectivity index (χ4v) is 3.73. The summed E-state index contributed by atoms with van der Waals surface area (Å²) in [5.74, 6) is 0.0272. The third-order valence-electron chi connectivity index (χ3n) is 4.12. The van der Waals surface area contributed by atoms with E-state index < -0.39 is 33.7 Å². The maximum Gasteiger partial charge on any atom is 0.402 e. The lowest BCUT2D eigenvalue weighted by atomic mass is 10.0. The van der Waals surface area contributed by atoms with Crippen LogP contribution >= 0.6 is 0 Å². The Kier molecular flexibility index (Phi) is 6.75. The highest BCUT2D eigenvalue weighted by molar-refractivity contribution is 7.89. The zero-order chi connectivity index (χ0) is 23.4. The molecule has 168 valence electrons. The summed E-state index contributed by atoms with van der Waals surface area (Å²) in [7, 11) is -4.48. The number of halogens is 3. The van der Waals surface area contributed by atoms with Gasteiger partial charge in [-0.3, -0.25) is 5.32 Å². The van der Waals surface area contributed by atoms with Crippen LogP contribution in [0.2, 0.25) is 0 Å². The van der Waals surface area contributed by atoms with Crippen molar-refractivity contribution in [3.63, 3.8) is 0 Å². The Labute approximate surface area is 182 Å². The number of nitrogens with one attached hydrogen (secondary N) is 3. The van der Waals surface area contributed by atoms with E-state index in [2.05, 4.69) is 20.6 Å². The highest BCUT2D eigenvalue weighted by Crippen LogP contribution is 2.30. The molecule has 3 aromatic rings. The molecule has 8 nitrogen and oxygen atoms in total. The van der Waals surface area contributed by atoms with Gasteiger partial charge in [0.1, 0.15) is 6.54 Å². The number of urea groups is 1. The van der Waals surface area contributed by atoms with Gasteiger partial charge in [-0.1, -0.05) is 36.4 Å². The maximum absolute atomic E-state index is 12.5. The van der Waals surface area contributed by atoms with Crippen molar-refractivity contribution in [3.05, 3.63) is 66.5 Å². The van der Waals surface area contributed by atoms with Crippen LogP contribution in [0, 0.1) is 6.92 Å². The lowest BCUT2D eigenvalue weighted by molar-refractivity contribution is -0.121. The van der Waals surface area contributed by atoms with E-state index in [-0.39, 0.29) is 11.6 Å². The SMILES string of the molecule is Cc1ccnc(NC(=O)Nc2cc(S(=O)(=O)NCC(F)(F)F)ccc2-c2ccccc2)n1. The summed E-state index contributed by atoms with van der Waals surface area (Å²) in [6.07, 6.45) is -3.27. The van der Waals surface area contributed by atoms with Crippen LogP contribution in [0.5, 0.6) is 0 Å². The first-order valence-corrected chi connectivity index (χ1v) is 10.7. The molecule has 3 rings (SSSR count). The van der Waals surface area contributed by atoms with Gasteiger partial charge in [0.2, 0.25) is 16.0 Å². The number of benzene rings is 2. The third-order valence-corrected chi connectivity index (χ3v) is 5.52. The molecule has 0 aliphatic rings. The second-order valence-corrected chi connectivity index (χ2v) is 8.38. The van der Waals surface area contributed by atoms with Gasteiger partial charge in [-0.2, -0.15) is 13.2 Å². The fourth-order valence-electron chi connectivity index (χ4n) is 2.69. The Morgan fingerprint density at radius 1 is 1.03 bits per heavy atom. The Morgan fingerprint density at radius 3 is 2.41 bits per heavy atom. The second-order valence-electron chi connectivity index (χ2n) is 6.61. The van der Waals surface area contributed by atoms with Crippen molar-refractivity contribution in [2.45, 2.75) is 18.0 Å². The number of amides is 2. The normalized spacial score (nSPS) is 11.8. The van der Waals surface area contributed by atoms with E-state index >= 15 is 0 Å². The van der Waals surface area contributed by atoms with Gasteiger partial charge in [-0.05, 0) is 30.7 Å². The number of aryl methyl sites for hydroxylation is 1. The molecule has 12 heteroatoms. The number of nitrogens with zero attached hydrogens (tertiary/aromatic N) is 2. The number of carbonyl (C=O) groups excluding carboxylic acids is 1. The molecule has 0 aliphatic heterocycles. The molecule has 0 saturated carbocycles. The zero-order valence-corrected chi connectivity index (χ0v) is 17.5. The Bertz CT molecular complexity index is 1220. The minimum Gasteiger partial charge on any atom is -0.307 e. The average molecular weight is 465 g/mol. The number of hydrogen-bond acceptors (Lipinski definition) is 5. The predicted octanol–water partition coefficient (Wildman–Crippen LogP) is 3.94. The van der Waals surface area contributed by atoms with Crippen molar-refractivity contribution in [2.75, 3.05) is 17.2 Å². The van der Waals surface area contributed by atoms with Gasteiger partial charge in [0.25, 0.3) is 0 Å². The van der Waals surface area contributed by atoms with Crippen molar-refractivity contribution in [1.82, 2.24) is 14.7 Å². The van der Waals surface area contributed by atoms with Gasteiger partial charge in [-0.15, -0.1) is 0 Å². The molecular weight excluding hydrogens is 447 g/mol. The largest absolute Gasteiger partial charge is 0.402 e. The summed E-state index contributed by atoms with van der Waals surface area (Å²) in [5, 5.41) is 4.94. The Balaban J connectivity index is 1.93. The quantitative estimate of drug-likeness (QED) is 0.511. The van der Waals surface area contributed by atoms with Crippen LogP contribution in [-0.4, -0.2) is 37.1 Å². The summed E-state index contributed by atoms with van der Waals surface area (Å²) in [4.78, 5) is 20.0. The standard InChI is InChI=1S/C20H18F3N5O3S/c1-13-9-10-24-18(26-13)28-19(29)27-17-11-15(32(30,31)25-12-20(21,22)23)7-8-16(17)14-5-3-2-4-6-14/h2-11,25H,12H2,1H3,(H2,24,26,27,28,29). The second kappa shape index (κ2) is 9.32. The number of sulfonamides is 1. The van der Waals surface area contributed by atoms with Crippen LogP contribution in [-0.2, 0) is 10.0 Å². The van der Waals surface area contributed by atoms with Gasteiger partial charge in [0.15, 0.2) is 0 Å². The number of aromatic nitrogens is 2. The summed E-state index contributed by atoms with van der Waals surface area (Å²) in [5.41, 5.74) is 1.79. The summed E-state index contributed by atoms with van der Waals surface area (Å²) in [6.45, 7) is -0.00965. The van der Waals surface area contributed by atoms with Crippen LogP contribution < -0.4 is 15.4 Å². The van der Waals surface area contributed by atoms with Crippen molar-refractivity contribution in [3.8, 4) is 11.1 Å². The first kappa shape index (κ1) is 23.2. The lowest BCUT2D eigenvalue weighted by Crippen LogP contribution is -2.33. The molecule has 0 unspecified atom stereocenters. The summed E-state index contributed by atoms with van der Waals surface area (Å²) in [6, 6.07) is 13.3. The molecule has 0 bridgehead atoms. The van der Waals surface area contributed by atoms with Crippen LogP contribution in [0.15, 0.2) is 65.7 Å². The number of rotatable bonds is 6. The monoisotopic (exact) mass is 465 g/mol. The van der Waals surface area contributed by atoms with Crippen LogP contribution in [0.1, 0.15) is 5.69 Å². The van der Waals surface area contributed by atoms with E-state index in [1.807, 2.05) is 0 Å². The first-order valence-electron chi connectivity index (χ1n) is 9.17. The molecule has 0 fully saturated rings. The van der Waals surface area contributed by atoms with Crippen LogP contribution in [0.3, 0.4) is 0 Å². The molecule has 0 aliphatic carbocycles. The number of anilines is 2. The first-order chi connectivity index (χ1) is 15.0. The lowest BCUT2D eigenvalue weighted by Gasteiger charge is -2.15. The fraction of sp³-hybridized carbons (Fsp3) is 0.150. The minimum atomic E-state index is -4.72. The average Bonchev–Trinajstić information content (AvgIpc) is 2.72. The topological polar surface area (TPSA) is 113 Å². The van der Waals surface area contributed by atoms with Gasteiger partial charge in [-0.25, -0.2) is 27.9 Å². The number of alkyl halides is 3. The Hall–Kier alpha value is -3.51. The maximum atomic E-state index is 12.5. The molecule has 32 heavy (non-hydrogen) atoms. The predicted molar refractivity (Wildman–Crippen MR) is 113 cm³/mol. The molecule has 1 heterocycles. The van der Waals surface area contributed by atoms with Crippen molar-refractivity contribution >= 4 is 27.7 Å². The highest BCUT2D eigenvalue weighted by Gasteiger charge is 2.30. The van der Waals surface area contributed by atoms with E-state index in [0.717, 1.165) is 12.1 Å². The zero-order valence-electron chi connectivity index (χ0n) is 16.6. The Morgan fingerprint density at radius 2 is 1.75 bits per heavy atom. The van der Waals surface area contributed by atoms with Crippen LogP contribution in [0.25, 0.3) is 11.1 Å². The van der Waals surface area contributed by atoms with Crippen molar-refractivity contribution < 1.29 is 26.4 Å². The molecule has 0 spiro atoms. The van der Waals surface area contributed by atoms with Gasteiger partial charge in [0, 0.05) is 17.5 Å². The minimum absolute atomic E-state index is 0.0272. The number of carbonyl (C=O) groups is 1. The van der Waals surface area contributed by atoms with E-state index in [1.54, 1.807) is 43.3 Å². The molecule has 3 N–H and O–H groups in total. The van der Waals surface area contributed by atoms with E-state index in [0.29, 0.717) is 16.8 Å². The van der Waals surface area contributed by atoms with Crippen molar-refractivity contribution in [2.24, 2.45) is 0 Å². The molecular formula is C20H18F3N5O3S. The number of hydrogen-bond donors (Lipinski definition) is 3. The smallest absolute Gasteiger partial charge is 0.307 e. The molecule has 2 aromatic carbocycles. The highest BCUT2D eigenvalue weighted by atomic mass is 32.2. The van der Waals surface area contributed by atoms with E-state index in [4.69, 9.17) is 0 Å². The van der Waals surface area contributed by atoms with Crippen LogP contribution in [0.4, 0.5) is 29.6 Å².